The fraction of sp³-hybridized carbons (Fsp3) is 0.0893. The Labute approximate surface area is 353 Å². The number of nitrogens with one attached hydrogen (secondary N) is 1. The molecule has 5 nitrogen and oxygen atoms in total. The van der Waals surface area contributed by atoms with Gasteiger partial charge in [-0.25, -0.2) is 0 Å². The predicted molar refractivity (Wildman–Crippen MR) is 250 cm³/mol. The molecule has 0 saturated heterocycles. The summed E-state index contributed by atoms with van der Waals surface area (Å²) in [6.07, 6.45) is 9.93. The highest BCUT2D eigenvalue weighted by molar-refractivity contribution is 6.16. The Morgan fingerprint density at radius 1 is 0.475 bits per heavy atom. The number of hydrogen-bond donors (Lipinski definition) is 1. The van der Waals surface area contributed by atoms with E-state index >= 15 is 0 Å². The molecule has 0 unspecified atom stereocenters. The number of aromatic amines is 1. The second kappa shape index (κ2) is 13.2. The summed E-state index contributed by atoms with van der Waals surface area (Å²) in [5.41, 5.74) is 24.7. The third-order valence-electron chi connectivity index (χ3n) is 13.3. The van der Waals surface area contributed by atoms with E-state index in [2.05, 4.69) is 167 Å². The van der Waals surface area contributed by atoms with Crippen LogP contribution in [0, 0.1) is 6.92 Å². The zero-order valence-electron chi connectivity index (χ0n) is 33.7. The van der Waals surface area contributed by atoms with Crippen LogP contribution in [0.4, 0.5) is 0 Å². The molecule has 0 radical (unpaired) electrons. The van der Waals surface area contributed by atoms with Gasteiger partial charge in [0.1, 0.15) is 0 Å². The number of aryl methyl sites for hydroxylation is 5. The molecule has 5 heteroatoms. The lowest BCUT2D eigenvalue weighted by Crippen LogP contribution is -2.15. The molecule has 0 spiro atoms. The van der Waals surface area contributed by atoms with Crippen LogP contribution in [0.5, 0.6) is 0 Å². The van der Waals surface area contributed by atoms with Crippen LogP contribution in [0.2, 0.25) is 0 Å². The average Bonchev–Trinajstić information content (AvgIpc) is 3.86. The maximum Gasteiger partial charge on any atom is 0.0702 e. The van der Waals surface area contributed by atoms with Gasteiger partial charge in [0.15, 0.2) is 0 Å². The number of fused-ring (bicyclic) bond motifs is 8. The molecule has 0 fully saturated rings. The first-order chi connectivity index (χ1) is 30.1. The van der Waals surface area contributed by atoms with Crippen LogP contribution < -0.4 is 0 Å². The molecule has 5 aromatic heterocycles. The number of H-pyrrole nitrogens is 1. The van der Waals surface area contributed by atoms with Crippen LogP contribution in [0.3, 0.4) is 0 Å². The van der Waals surface area contributed by atoms with E-state index in [-0.39, 0.29) is 0 Å². The van der Waals surface area contributed by atoms with Crippen LogP contribution in [-0.2, 0) is 25.7 Å². The van der Waals surface area contributed by atoms with Crippen molar-refractivity contribution >= 4 is 43.6 Å². The Morgan fingerprint density at radius 3 is 1.74 bits per heavy atom. The molecule has 6 aromatic carbocycles. The van der Waals surface area contributed by atoms with E-state index in [0.29, 0.717) is 0 Å². The molecule has 0 bridgehead atoms. The molecule has 288 valence electrons. The minimum atomic E-state index is 0.979. The van der Waals surface area contributed by atoms with Crippen molar-refractivity contribution in [3.05, 3.63) is 192 Å². The maximum absolute atomic E-state index is 4.98. The van der Waals surface area contributed by atoms with Gasteiger partial charge in [-0.3, -0.25) is 15.0 Å². The van der Waals surface area contributed by atoms with E-state index in [1.807, 2.05) is 18.6 Å². The molecule has 0 atom stereocenters. The Hall–Kier alpha value is -7.63. The molecule has 0 amide bonds. The van der Waals surface area contributed by atoms with Crippen molar-refractivity contribution in [2.75, 3.05) is 0 Å². The topological polar surface area (TPSA) is 59.4 Å². The van der Waals surface area contributed by atoms with Crippen LogP contribution in [0.15, 0.2) is 164 Å². The van der Waals surface area contributed by atoms with Crippen molar-refractivity contribution in [3.63, 3.8) is 0 Å². The van der Waals surface area contributed by atoms with E-state index in [9.17, 15) is 0 Å². The second-order valence-corrected chi connectivity index (χ2v) is 16.8. The van der Waals surface area contributed by atoms with Crippen molar-refractivity contribution in [3.8, 4) is 61.6 Å². The van der Waals surface area contributed by atoms with Crippen LogP contribution in [0.1, 0.15) is 27.9 Å². The van der Waals surface area contributed by atoms with E-state index < -0.39 is 0 Å². The Balaban J connectivity index is 0.968. The van der Waals surface area contributed by atoms with Crippen LogP contribution in [0.25, 0.3) is 105 Å². The molecular formula is C56H39N5. The molecule has 5 heterocycles. The molecule has 11 aromatic rings. The first kappa shape index (κ1) is 34.3. The fourth-order valence-electron chi connectivity index (χ4n) is 10.5. The summed E-state index contributed by atoms with van der Waals surface area (Å²) in [7, 11) is 0. The monoisotopic (exact) mass is 781 g/mol. The number of benzene rings is 6. The van der Waals surface area contributed by atoms with Crippen molar-refractivity contribution < 1.29 is 0 Å². The maximum atomic E-state index is 4.98. The lowest BCUT2D eigenvalue weighted by atomic mass is 9.74. The molecule has 13 rings (SSSR count). The first-order valence-corrected chi connectivity index (χ1v) is 21.3. The fourth-order valence-corrected chi connectivity index (χ4v) is 10.5. The number of aromatic nitrogens is 5. The first-order valence-electron chi connectivity index (χ1n) is 21.3. The van der Waals surface area contributed by atoms with Gasteiger partial charge in [0.25, 0.3) is 0 Å². The normalized spacial score (nSPS) is 13.1. The highest BCUT2D eigenvalue weighted by Crippen LogP contribution is 2.50. The minimum absolute atomic E-state index is 0.979. The summed E-state index contributed by atoms with van der Waals surface area (Å²) in [6, 6.07) is 52.7. The Kier molecular flexibility index (Phi) is 7.41. The highest BCUT2D eigenvalue weighted by atomic mass is 15.0. The van der Waals surface area contributed by atoms with Gasteiger partial charge in [-0.1, -0.05) is 84.9 Å². The number of pyridine rings is 3. The zero-order chi connectivity index (χ0) is 40.2. The van der Waals surface area contributed by atoms with Crippen LogP contribution >= 0.6 is 0 Å². The number of hydrogen-bond acceptors (Lipinski definition) is 3. The molecule has 61 heavy (non-hydrogen) atoms. The van der Waals surface area contributed by atoms with Crippen molar-refractivity contribution in [2.45, 2.75) is 32.6 Å². The molecule has 0 aliphatic heterocycles. The molecule has 2 aliphatic rings. The van der Waals surface area contributed by atoms with Crippen molar-refractivity contribution in [2.24, 2.45) is 0 Å². The third kappa shape index (κ3) is 5.30. The summed E-state index contributed by atoms with van der Waals surface area (Å²) < 4.78 is 2.51. The summed E-state index contributed by atoms with van der Waals surface area (Å²) in [5.74, 6) is 0. The van der Waals surface area contributed by atoms with E-state index in [0.717, 1.165) is 70.7 Å². The predicted octanol–water partition coefficient (Wildman–Crippen LogP) is 13.4. The summed E-state index contributed by atoms with van der Waals surface area (Å²) in [4.78, 5) is 18.4. The van der Waals surface area contributed by atoms with Gasteiger partial charge in [0, 0.05) is 79.3 Å². The quantitative estimate of drug-likeness (QED) is 0.189. The smallest absolute Gasteiger partial charge is 0.0702 e. The molecule has 1 N–H and O–H groups in total. The van der Waals surface area contributed by atoms with Gasteiger partial charge in [-0.05, 0) is 138 Å². The third-order valence-corrected chi connectivity index (χ3v) is 13.3. The van der Waals surface area contributed by atoms with Crippen molar-refractivity contribution in [1.82, 2.24) is 24.5 Å². The largest absolute Gasteiger partial charge is 0.354 e. The van der Waals surface area contributed by atoms with E-state index in [4.69, 9.17) is 9.97 Å². The molecule has 2 aliphatic carbocycles. The Morgan fingerprint density at radius 2 is 1.08 bits per heavy atom. The zero-order valence-corrected chi connectivity index (χ0v) is 33.7. The summed E-state index contributed by atoms with van der Waals surface area (Å²) in [6.45, 7) is 2.08. The average molecular weight is 782 g/mol. The van der Waals surface area contributed by atoms with Gasteiger partial charge in [-0.2, -0.15) is 0 Å². The van der Waals surface area contributed by atoms with Crippen LogP contribution in [-0.4, -0.2) is 24.5 Å². The lowest BCUT2D eigenvalue weighted by Gasteiger charge is -2.31. The standard InChI is InChI=1S/C56H39N5/c1-33-26-42(24-25-57-33)61-52-23-17-37(50-21-16-41(32-59-50)35-10-6-3-7-11-35)28-46(52)48-30-39-12-18-43-53-38(13-19-44(54(39)53)56(48)61)29-47-45-27-36(14-22-51(45)60-55(43)47)49-20-15-40(31-58-49)34-8-4-2-5-9-34/h2-11,14-17,20-32,60H,12-13,18-19H2,1H3. The van der Waals surface area contributed by atoms with Gasteiger partial charge in [0.2, 0.25) is 0 Å². The lowest BCUT2D eigenvalue weighted by molar-refractivity contribution is 0.885. The molecule has 0 saturated carbocycles. The summed E-state index contributed by atoms with van der Waals surface area (Å²) in [5, 5.41) is 5.16. The Bertz CT molecular complexity index is 3560. The van der Waals surface area contributed by atoms with Gasteiger partial charge >= 0.3 is 0 Å². The van der Waals surface area contributed by atoms with E-state index in [1.54, 1.807) is 0 Å². The SMILES string of the molecule is Cc1cc(-n2c3ccc(-c4ccc(-c5ccccc5)cn4)cc3c3cc4c5c(c32)CCc2cc3c([nH]c6ccc(-c7ccc(-c8ccccc8)cn7)cc63)c(c2-5)CC4)ccn1. The van der Waals surface area contributed by atoms with Gasteiger partial charge in [-0.15, -0.1) is 0 Å². The molecular weight excluding hydrogens is 743 g/mol. The van der Waals surface area contributed by atoms with E-state index in [1.165, 1.54) is 88.1 Å². The second-order valence-electron chi connectivity index (χ2n) is 16.8. The number of rotatable bonds is 5. The highest BCUT2D eigenvalue weighted by Gasteiger charge is 2.32. The number of nitrogens with zero attached hydrogens (tertiary/aromatic N) is 4. The minimum Gasteiger partial charge on any atom is -0.354 e. The van der Waals surface area contributed by atoms with Gasteiger partial charge < -0.3 is 9.55 Å². The summed E-state index contributed by atoms with van der Waals surface area (Å²) >= 11 is 0. The van der Waals surface area contributed by atoms with Gasteiger partial charge in [0.05, 0.1) is 27.9 Å². The van der Waals surface area contributed by atoms with Crippen molar-refractivity contribution in [1.29, 1.82) is 0 Å².